The molecule has 0 radical (unpaired) electrons. The van der Waals surface area contributed by atoms with Crippen LogP contribution in [0.3, 0.4) is 0 Å². The highest BCUT2D eigenvalue weighted by Gasteiger charge is 2.15. The molecule has 1 amide bonds. The minimum Gasteiger partial charge on any atom is -0.497 e. The zero-order valence-electron chi connectivity index (χ0n) is 14.3. The van der Waals surface area contributed by atoms with Gasteiger partial charge >= 0.3 is 0 Å². The highest BCUT2D eigenvalue weighted by atomic mass is 35.5. The molecule has 5 nitrogen and oxygen atoms in total. The average Bonchev–Trinajstić information content (AvgIpc) is 2.65. The molecule has 0 aliphatic heterocycles. The fraction of sp³-hybridized carbons (Fsp3) is 0.316. The Bertz CT molecular complexity index is 703. The summed E-state index contributed by atoms with van der Waals surface area (Å²) < 4.78 is 10.4. The van der Waals surface area contributed by atoms with Crippen molar-refractivity contribution in [1.82, 2.24) is 5.32 Å². The largest absolute Gasteiger partial charge is 0.497 e. The molecule has 0 heterocycles. The van der Waals surface area contributed by atoms with Crippen molar-refractivity contribution >= 4 is 17.5 Å². The monoisotopic (exact) mass is 363 g/mol. The van der Waals surface area contributed by atoms with Gasteiger partial charge in [0.2, 0.25) is 5.91 Å². The van der Waals surface area contributed by atoms with Crippen LogP contribution in [0, 0.1) is 0 Å². The number of aliphatic hydroxyl groups is 1. The summed E-state index contributed by atoms with van der Waals surface area (Å²) in [5.41, 5.74) is 1.60. The predicted octanol–water partition coefficient (Wildman–Crippen LogP) is 3.49. The van der Waals surface area contributed by atoms with Gasteiger partial charge in [0, 0.05) is 29.6 Å². The Kier molecular flexibility index (Phi) is 7.10. The number of benzene rings is 2. The summed E-state index contributed by atoms with van der Waals surface area (Å²) in [5, 5.41) is 13.8. The van der Waals surface area contributed by atoms with Crippen molar-refractivity contribution in [1.29, 1.82) is 0 Å². The van der Waals surface area contributed by atoms with Gasteiger partial charge in [-0.1, -0.05) is 23.7 Å². The smallest absolute Gasteiger partial charge is 0.220 e. The van der Waals surface area contributed by atoms with E-state index in [1.807, 2.05) is 12.1 Å². The molecule has 2 rings (SSSR count). The molecule has 0 spiro atoms. The highest BCUT2D eigenvalue weighted by molar-refractivity contribution is 6.30. The molecule has 0 aromatic heterocycles. The number of carbonyl (C=O) groups excluding carboxylic acids is 1. The molecule has 1 atom stereocenters. The summed E-state index contributed by atoms with van der Waals surface area (Å²) in [6.07, 6.45) is -0.277. The SMILES string of the molecule is COc1ccc(C(O)CCC(=O)NCc2ccc(Cl)cc2)c(OC)c1. The fourth-order valence-electron chi connectivity index (χ4n) is 2.41. The summed E-state index contributed by atoms with van der Waals surface area (Å²) >= 11 is 5.83. The Morgan fingerprint density at radius 2 is 1.88 bits per heavy atom. The number of aliphatic hydroxyl groups excluding tert-OH is 1. The first-order valence-electron chi connectivity index (χ1n) is 7.94. The van der Waals surface area contributed by atoms with Crippen molar-refractivity contribution in [3.8, 4) is 11.5 Å². The Labute approximate surface area is 152 Å². The standard InChI is InChI=1S/C19H22ClNO4/c1-24-15-7-8-16(18(11-15)25-2)17(22)9-10-19(23)21-12-13-3-5-14(20)6-4-13/h3-8,11,17,22H,9-10,12H2,1-2H3,(H,21,23). The van der Waals surface area contributed by atoms with Crippen molar-refractivity contribution in [3.05, 3.63) is 58.6 Å². The van der Waals surface area contributed by atoms with Crippen LogP contribution in [0.25, 0.3) is 0 Å². The van der Waals surface area contributed by atoms with Gasteiger partial charge in [0.05, 0.1) is 20.3 Å². The van der Waals surface area contributed by atoms with Crippen LogP contribution in [-0.4, -0.2) is 25.2 Å². The third-order valence-electron chi connectivity index (χ3n) is 3.85. The first-order valence-corrected chi connectivity index (χ1v) is 8.32. The zero-order valence-corrected chi connectivity index (χ0v) is 15.0. The summed E-state index contributed by atoms with van der Waals surface area (Å²) in [6, 6.07) is 12.5. The van der Waals surface area contributed by atoms with Crippen LogP contribution in [0.1, 0.15) is 30.1 Å². The number of rotatable bonds is 8. The van der Waals surface area contributed by atoms with Gasteiger partial charge in [0.25, 0.3) is 0 Å². The fourth-order valence-corrected chi connectivity index (χ4v) is 2.53. The lowest BCUT2D eigenvalue weighted by Crippen LogP contribution is -2.23. The van der Waals surface area contributed by atoms with Gasteiger partial charge in [-0.05, 0) is 36.2 Å². The Hall–Kier alpha value is -2.24. The maximum atomic E-state index is 12.0. The number of nitrogens with one attached hydrogen (secondary N) is 1. The zero-order chi connectivity index (χ0) is 18.2. The van der Waals surface area contributed by atoms with Gasteiger partial charge in [-0.15, -0.1) is 0 Å². The molecule has 0 fully saturated rings. The molecule has 6 heteroatoms. The van der Waals surface area contributed by atoms with E-state index in [1.165, 1.54) is 7.11 Å². The minimum absolute atomic E-state index is 0.124. The van der Waals surface area contributed by atoms with E-state index in [4.69, 9.17) is 21.1 Å². The highest BCUT2D eigenvalue weighted by Crippen LogP contribution is 2.31. The number of carbonyl (C=O) groups is 1. The van der Waals surface area contributed by atoms with E-state index >= 15 is 0 Å². The molecule has 0 bridgehead atoms. The van der Waals surface area contributed by atoms with Crippen LogP contribution in [-0.2, 0) is 11.3 Å². The molecule has 2 aromatic carbocycles. The number of hydrogen-bond acceptors (Lipinski definition) is 4. The Morgan fingerprint density at radius 1 is 1.16 bits per heavy atom. The van der Waals surface area contributed by atoms with Crippen molar-refractivity contribution in [2.24, 2.45) is 0 Å². The van der Waals surface area contributed by atoms with Crippen LogP contribution in [0.5, 0.6) is 11.5 Å². The quantitative estimate of drug-likeness (QED) is 0.753. The molecule has 0 aliphatic carbocycles. The van der Waals surface area contributed by atoms with E-state index in [-0.39, 0.29) is 12.3 Å². The molecule has 2 N–H and O–H groups in total. The number of methoxy groups -OCH3 is 2. The van der Waals surface area contributed by atoms with Gasteiger partial charge in [-0.25, -0.2) is 0 Å². The molecule has 0 aliphatic rings. The number of amides is 1. The third-order valence-corrected chi connectivity index (χ3v) is 4.10. The Balaban J connectivity index is 1.85. The van der Waals surface area contributed by atoms with Crippen molar-refractivity contribution in [3.63, 3.8) is 0 Å². The van der Waals surface area contributed by atoms with Crippen LogP contribution >= 0.6 is 11.6 Å². The number of halogens is 1. The minimum atomic E-state index is -0.790. The molecule has 1 unspecified atom stereocenters. The molecular weight excluding hydrogens is 342 g/mol. The summed E-state index contributed by atoms with van der Waals surface area (Å²) in [6.45, 7) is 0.429. The topological polar surface area (TPSA) is 67.8 Å². The van der Waals surface area contributed by atoms with Crippen molar-refractivity contribution in [2.75, 3.05) is 14.2 Å². The van der Waals surface area contributed by atoms with E-state index in [0.717, 1.165) is 5.56 Å². The van der Waals surface area contributed by atoms with E-state index in [2.05, 4.69) is 5.32 Å². The van der Waals surface area contributed by atoms with E-state index < -0.39 is 6.10 Å². The second-order valence-electron chi connectivity index (χ2n) is 5.57. The van der Waals surface area contributed by atoms with Crippen LogP contribution in [0.4, 0.5) is 0 Å². The average molecular weight is 364 g/mol. The molecule has 0 saturated heterocycles. The van der Waals surface area contributed by atoms with Crippen molar-refractivity contribution in [2.45, 2.75) is 25.5 Å². The summed E-state index contributed by atoms with van der Waals surface area (Å²) in [5.74, 6) is 1.06. The molecular formula is C19H22ClNO4. The summed E-state index contributed by atoms with van der Waals surface area (Å²) in [7, 11) is 3.10. The lowest BCUT2D eigenvalue weighted by Gasteiger charge is -2.15. The normalized spacial score (nSPS) is 11.7. The maximum absolute atomic E-state index is 12.0. The van der Waals surface area contributed by atoms with Gasteiger partial charge < -0.3 is 19.9 Å². The van der Waals surface area contributed by atoms with Crippen LogP contribution < -0.4 is 14.8 Å². The lowest BCUT2D eigenvalue weighted by molar-refractivity contribution is -0.121. The number of ether oxygens (including phenoxy) is 2. The van der Waals surface area contributed by atoms with Gasteiger partial charge in [-0.2, -0.15) is 0 Å². The van der Waals surface area contributed by atoms with E-state index in [0.29, 0.717) is 35.1 Å². The first kappa shape index (κ1) is 19.1. The predicted molar refractivity (Wildman–Crippen MR) is 97.0 cm³/mol. The van der Waals surface area contributed by atoms with Crippen molar-refractivity contribution < 1.29 is 19.4 Å². The number of hydrogen-bond donors (Lipinski definition) is 2. The lowest BCUT2D eigenvalue weighted by atomic mass is 10.0. The second kappa shape index (κ2) is 9.30. The maximum Gasteiger partial charge on any atom is 0.220 e. The first-order chi connectivity index (χ1) is 12.0. The Morgan fingerprint density at radius 3 is 2.52 bits per heavy atom. The van der Waals surface area contributed by atoms with E-state index in [1.54, 1.807) is 37.4 Å². The second-order valence-corrected chi connectivity index (χ2v) is 6.00. The molecule has 0 saturated carbocycles. The third kappa shape index (κ3) is 5.66. The van der Waals surface area contributed by atoms with Gasteiger partial charge in [-0.3, -0.25) is 4.79 Å². The molecule has 2 aromatic rings. The van der Waals surface area contributed by atoms with E-state index in [9.17, 15) is 9.90 Å². The summed E-state index contributed by atoms with van der Waals surface area (Å²) in [4.78, 5) is 12.0. The molecule has 25 heavy (non-hydrogen) atoms. The van der Waals surface area contributed by atoms with Gasteiger partial charge in [0.1, 0.15) is 11.5 Å². The molecule has 134 valence electrons. The van der Waals surface area contributed by atoms with Crippen LogP contribution in [0.15, 0.2) is 42.5 Å². The van der Waals surface area contributed by atoms with Crippen LogP contribution in [0.2, 0.25) is 5.02 Å². The van der Waals surface area contributed by atoms with Gasteiger partial charge in [0.15, 0.2) is 0 Å².